The van der Waals surface area contributed by atoms with Gasteiger partial charge in [0.1, 0.15) is 0 Å². The van der Waals surface area contributed by atoms with Crippen molar-refractivity contribution < 1.29 is 0 Å². The second kappa shape index (κ2) is 7.60. The fraction of sp³-hybridized carbons (Fsp3) is 0.692. The van der Waals surface area contributed by atoms with E-state index in [1.165, 1.54) is 0 Å². The van der Waals surface area contributed by atoms with Crippen molar-refractivity contribution in [2.24, 2.45) is 46.3 Å². The maximum atomic E-state index is 9.80. The molecule has 3 rings (SSSR count). The highest BCUT2D eigenvalue weighted by molar-refractivity contribution is 5.47. The third kappa shape index (κ3) is 3.55. The van der Waals surface area contributed by atoms with Crippen LogP contribution >= 0.6 is 0 Å². The SMILES string of the molecule is [C-]#[N+]C(C#N)=C1C2CC(C(C)(C)C)CC2C(=C(C#N)[N+]#[C-])C2CC(C(C)(C)C)CC12. The molecule has 3 aliphatic carbocycles. The van der Waals surface area contributed by atoms with Crippen LogP contribution in [0.25, 0.3) is 9.69 Å². The number of hydrogen-bond donors (Lipinski definition) is 0. The molecular weight excluding hydrogens is 368 g/mol. The highest BCUT2D eigenvalue weighted by Crippen LogP contribution is 2.64. The van der Waals surface area contributed by atoms with E-state index in [0.717, 1.165) is 36.8 Å². The molecule has 0 aromatic heterocycles. The average Bonchev–Trinajstić information content (AvgIpc) is 3.29. The Bertz CT molecular complexity index is 815. The van der Waals surface area contributed by atoms with E-state index in [9.17, 15) is 10.5 Å². The summed E-state index contributed by atoms with van der Waals surface area (Å²) in [4.78, 5) is 7.33. The van der Waals surface area contributed by atoms with Gasteiger partial charge in [-0.25, -0.2) is 20.2 Å². The van der Waals surface area contributed by atoms with Gasteiger partial charge in [0, 0.05) is 0 Å². The number of allylic oxidation sites excluding steroid dienone is 4. The molecule has 3 fully saturated rings. The van der Waals surface area contributed by atoms with Crippen molar-refractivity contribution in [3.8, 4) is 12.1 Å². The lowest BCUT2D eigenvalue weighted by molar-refractivity contribution is 0.234. The van der Waals surface area contributed by atoms with Crippen LogP contribution in [-0.4, -0.2) is 0 Å². The van der Waals surface area contributed by atoms with Gasteiger partial charge in [-0.1, -0.05) is 41.5 Å². The Morgan fingerprint density at radius 3 is 1.13 bits per heavy atom. The summed E-state index contributed by atoms with van der Waals surface area (Å²) in [6.07, 6.45) is 3.75. The van der Waals surface area contributed by atoms with Crippen molar-refractivity contribution >= 4 is 0 Å². The van der Waals surface area contributed by atoms with Gasteiger partial charge < -0.3 is 0 Å². The van der Waals surface area contributed by atoms with Gasteiger partial charge in [-0.2, -0.15) is 0 Å². The highest BCUT2D eigenvalue weighted by Gasteiger charge is 2.55. The summed E-state index contributed by atoms with van der Waals surface area (Å²) in [7, 11) is 0. The monoisotopic (exact) mass is 400 g/mol. The van der Waals surface area contributed by atoms with E-state index in [-0.39, 0.29) is 45.9 Å². The van der Waals surface area contributed by atoms with Crippen LogP contribution in [0.1, 0.15) is 67.2 Å². The molecule has 30 heavy (non-hydrogen) atoms. The van der Waals surface area contributed by atoms with Crippen LogP contribution in [0.4, 0.5) is 0 Å². The van der Waals surface area contributed by atoms with Crippen molar-refractivity contribution in [1.82, 2.24) is 0 Å². The largest absolute Gasteiger partial charge is 0.261 e. The standard InChI is InChI=1S/C26H32N4/c1-25(2,3)15-9-17-18(10-15)24(22(14-28)30-8)20-12-16(26(4,5)6)11-19(20)23(17)21(13-27)29-7/h15-20H,9-12H2,1-6H3. The van der Waals surface area contributed by atoms with Gasteiger partial charge in [-0.3, -0.25) is 0 Å². The van der Waals surface area contributed by atoms with Crippen molar-refractivity contribution in [1.29, 1.82) is 10.5 Å². The second-order valence-electron chi connectivity index (χ2n) is 11.5. The molecule has 4 nitrogen and oxygen atoms in total. The molecule has 0 N–H and O–H groups in total. The van der Waals surface area contributed by atoms with Gasteiger partial charge in [-0.15, -0.1) is 0 Å². The third-order valence-corrected chi connectivity index (χ3v) is 8.15. The Kier molecular flexibility index (Phi) is 5.61. The highest BCUT2D eigenvalue weighted by atomic mass is 14.7. The maximum absolute atomic E-state index is 9.80. The smallest absolute Gasteiger partial charge is 0.227 e. The molecule has 4 atom stereocenters. The Balaban J connectivity index is 2.24. The first-order chi connectivity index (χ1) is 14.0. The molecule has 0 aromatic carbocycles. The lowest BCUT2D eigenvalue weighted by atomic mass is 9.63. The Morgan fingerprint density at radius 2 is 0.967 bits per heavy atom. The number of nitrogens with zero attached hydrogens (tertiary/aromatic N) is 4. The Morgan fingerprint density at radius 1 is 0.700 bits per heavy atom. The predicted octanol–water partition coefficient (Wildman–Crippen LogP) is 6.77. The first-order valence-corrected chi connectivity index (χ1v) is 11.0. The number of fused-ring (bicyclic) bond motifs is 2. The molecule has 0 saturated heterocycles. The number of nitriles is 2. The molecule has 0 bridgehead atoms. The molecule has 156 valence electrons. The van der Waals surface area contributed by atoms with E-state index in [0.29, 0.717) is 11.8 Å². The van der Waals surface area contributed by atoms with Crippen molar-refractivity contribution in [3.05, 3.63) is 45.4 Å². The van der Waals surface area contributed by atoms with Crippen molar-refractivity contribution in [2.45, 2.75) is 67.2 Å². The summed E-state index contributed by atoms with van der Waals surface area (Å²) >= 11 is 0. The zero-order chi connectivity index (χ0) is 22.4. The van der Waals surface area contributed by atoms with E-state index in [2.05, 4.69) is 63.4 Å². The Labute approximate surface area is 181 Å². The van der Waals surface area contributed by atoms with Crippen molar-refractivity contribution in [2.75, 3.05) is 0 Å². The van der Waals surface area contributed by atoms with E-state index < -0.39 is 0 Å². The van der Waals surface area contributed by atoms with Gasteiger partial charge in [0.05, 0.1) is 25.3 Å². The maximum Gasteiger partial charge on any atom is 0.261 e. The van der Waals surface area contributed by atoms with E-state index in [1.807, 2.05) is 0 Å². The molecule has 3 aliphatic rings. The van der Waals surface area contributed by atoms with Crippen LogP contribution in [-0.2, 0) is 0 Å². The van der Waals surface area contributed by atoms with Gasteiger partial charge >= 0.3 is 0 Å². The number of hydrogen-bond acceptors (Lipinski definition) is 2. The summed E-state index contributed by atoms with van der Waals surface area (Å²) in [5, 5.41) is 19.6. The van der Waals surface area contributed by atoms with Gasteiger partial charge in [0.2, 0.25) is 0 Å². The molecule has 0 aromatic rings. The van der Waals surface area contributed by atoms with Crippen LogP contribution in [0, 0.1) is 82.1 Å². The van der Waals surface area contributed by atoms with Crippen LogP contribution < -0.4 is 0 Å². The number of rotatable bonds is 0. The van der Waals surface area contributed by atoms with Gasteiger partial charge in [0.25, 0.3) is 11.4 Å². The molecule has 3 saturated carbocycles. The molecule has 0 heterocycles. The molecule has 0 aliphatic heterocycles. The molecule has 0 radical (unpaired) electrons. The van der Waals surface area contributed by atoms with Crippen LogP contribution in [0.15, 0.2) is 22.5 Å². The van der Waals surface area contributed by atoms with Crippen LogP contribution in [0.5, 0.6) is 0 Å². The summed E-state index contributed by atoms with van der Waals surface area (Å²) in [5.74, 6) is 1.34. The Hall–Kier alpha value is -2.56. The zero-order valence-electron chi connectivity index (χ0n) is 19.1. The van der Waals surface area contributed by atoms with Crippen LogP contribution in [0.3, 0.4) is 0 Å². The minimum absolute atomic E-state index is 0.109. The molecular formula is C26H32N4. The summed E-state index contributed by atoms with van der Waals surface area (Å²) < 4.78 is 0. The van der Waals surface area contributed by atoms with E-state index >= 15 is 0 Å². The lowest BCUT2D eigenvalue weighted by Gasteiger charge is -2.41. The summed E-state index contributed by atoms with van der Waals surface area (Å²) in [6.45, 7) is 28.9. The topological polar surface area (TPSA) is 56.3 Å². The molecule has 4 unspecified atom stereocenters. The molecule has 0 spiro atoms. The fourth-order valence-corrected chi connectivity index (χ4v) is 6.43. The first-order valence-electron chi connectivity index (χ1n) is 11.0. The normalized spacial score (nSPS) is 32.9. The predicted molar refractivity (Wildman–Crippen MR) is 117 cm³/mol. The molecule has 4 heteroatoms. The van der Waals surface area contributed by atoms with Gasteiger partial charge in [-0.05, 0) is 83.2 Å². The summed E-state index contributed by atoms with van der Waals surface area (Å²) in [6, 6.07) is 4.42. The second-order valence-corrected chi connectivity index (χ2v) is 11.5. The van der Waals surface area contributed by atoms with E-state index in [4.69, 9.17) is 13.1 Å². The van der Waals surface area contributed by atoms with Crippen LogP contribution in [0.2, 0.25) is 0 Å². The quantitative estimate of drug-likeness (QED) is 0.333. The first kappa shape index (κ1) is 22.1. The average molecular weight is 401 g/mol. The zero-order valence-corrected chi connectivity index (χ0v) is 19.1. The van der Waals surface area contributed by atoms with E-state index in [1.54, 1.807) is 0 Å². The fourth-order valence-electron chi connectivity index (χ4n) is 6.43. The minimum atomic E-state index is 0.109. The molecule has 0 amide bonds. The minimum Gasteiger partial charge on any atom is -0.227 e. The summed E-state index contributed by atoms with van der Waals surface area (Å²) in [5.41, 5.74) is 2.87. The van der Waals surface area contributed by atoms with Crippen molar-refractivity contribution in [3.63, 3.8) is 0 Å². The third-order valence-electron chi connectivity index (χ3n) is 8.15. The van der Waals surface area contributed by atoms with Gasteiger partial charge in [0.15, 0.2) is 0 Å². The lowest BCUT2D eigenvalue weighted by Crippen LogP contribution is -2.32.